The molecule has 0 aliphatic carbocycles. The van der Waals surface area contributed by atoms with E-state index >= 15 is 0 Å². The van der Waals surface area contributed by atoms with E-state index in [0.29, 0.717) is 17.1 Å². The number of nitrogens with one attached hydrogen (secondary N) is 2. The van der Waals surface area contributed by atoms with E-state index in [2.05, 4.69) is 20.0 Å². The summed E-state index contributed by atoms with van der Waals surface area (Å²) in [6.45, 7) is 3.09. The second-order valence-electron chi connectivity index (χ2n) is 7.31. The van der Waals surface area contributed by atoms with Crippen molar-refractivity contribution in [3.8, 4) is 0 Å². The van der Waals surface area contributed by atoms with Gasteiger partial charge in [0.15, 0.2) is 0 Å². The number of anilines is 3. The quantitative estimate of drug-likeness (QED) is 0.495. The third-order valence-corrected chi connectivity index (χ3v) is 6.93. The molecule has 3 rings (SSSR count). The van der Waals surface area contributed by atoms with Gasteiger partial charge in [0.05, 0.1) is 16.8 Å². The molecule has 174 valence electrons. The fourth-order valence-corrected chi connectivity index (χ4v) is 4.71. The van der Waals surface area contributed by atoms with Crippen molar-refractivity contribution in [2.75, 3.05) is 27.1 Å². The van der Waals surface area contributed by atoms with Crippen LogP contribution in [0.15, 0.2) is 65.7 Å². The highest BCUT2D eigenvalue weighted by Gasteiger charge is 2.21. The molecule has 2 N–H and O–H groups in total. The van der Waals surface area contributed by atoms with Crippen molar-refractivity contribution in [3.63, 3.8) is 0 Å². The first-order valence-electron chi connectivity index (χ1n) is 9.71. The smallest absolute Gasteiger partial charge is 0.264 e. The maximum atomic E-state index is 12.5. The van der Waals surface area contributed by atoms with Gasteiger partial charge in [-0.05, 0) is 61.9 Å². The van der Waals surface area contributed by atoms with Crippen molar-refractivity contribution in [1.82, 2.24) is 9.97 Å². The first-order chi connectivity index (χ1) is 15.4. The van der Waals surface area contributed by atoms with Gasteiger partial charge in [0, 0.05) is 17.6 Å². The van der Waals surface area contributed by atoms with Gasteiger partial charge in [0.25, 0.3) is 10.0 Å². The molecule has 12 heteroatoms. The molecule has 0 aliphatic rings. The van der Waals surface area contributed by atoms with Crippen LogP contribution in [0.4, 0.5) is 17.3 Å². The van der Waals surface area contributed by atoms with Gasteiger partial charge in [-0.1, -0.05) is 12.1 Å². The predicted molar refractivity (Wildman–Crippen MR) is 126 cm³/mol. The molecule has 0 saturated heterocycles. The number of rotatable bonds is 8. The molecule has 2 aromatic carbocycles. The monoisotopic (exact) mass is 489 g/mol. The largest absolute Gasteiger partial charge is 0.325 e. The molecule has 0 spiro atoms. The zero-order valence-corrected chi connectivity index (χ0v) is 19.8. The van der Waals surface area contributed by atoms with E-state index in [0.717, 1.165) is 16.1 Å². The Morgan fingerprint density at radius 3 is 2.30 bits per heavy atom. The number of sulfonamides is 2. The topological polar surface area (TPSA) is 138 Å². The van der Waals surface area contributed by atoms with Crippen molar-refractivity contribution in [1.29, 1.82) is 0 Å². The Morgan fingerprint density at radius 2 is 1.70 bits per heavy atom. The summed E-state index contributed by atoms with van der Waals surface area (Å²) < 4.78 is 52.8. The standard InChI is InChI=1S/C21H23N5O5S2/c1-15-5-4-6-18(13-15)26(32(3,28)29)14-20(27)24-17-7-9-19(10-8-17)33(30,31)25-21-22-12-11-16(2)23-21/h4-13H,14H2,1-3H3,(H,24,27)(H,22,23,25). The average molecular weight is 490 g/mol. The molecular formula is C21H23N5O5S2. The number of nitrogens with zero attached hydrogens (tertiary/aromatic N) is 3. The number of amides is 1. The Balaban J connectivity index is 1.71. The summed E-state index contributed by atoms with van der Waals surface area (Å²) in [7, 11) is -7.64. The van der Waals surface area contributed by atoms with Crippen molar-refractivity contribution in [3.05, 3.63) is 72.1 Å². The van der Waals surface area contributed by atoms with E-state index in [-0.39, 0.29) is 10.8 Å². The lowest BCUT2D eigenvalue weighted by Crippen LogP contribution is -2.37. The lowest BCUT2D eigenvalue weighted by molar-refractivity contribution is -0.114. The maximum absolute atomic E-state index is 12.5. The first kappa shape index (κ1) is 24.1. The Kier molecular flexibility index (Phi) is 6.98. The molecule has 0 atom stereocenters. The van der Waals surface area contributed by atoms with E-state index in [1.165, 1.54) is 30.5 Å². The van der Waals surface area contributed by atoms with Gasteiger partial charge in [-0.25, -0.2) is 31.5 Å². The van der Waals surface area contributed by atoms with Gasteiger partial charge in [0.1, 0.15) is 6.54 Å². The fraction of sp³-hybridized carbons (Fsp3) is 0.190. The predicted octanol–water partition coefficient (Wildman–Crippen LogP) is 2.30. The van der Waals surface area contributed by atoms with Gasteiger partial charge >= 0.3 is 0 Å². The first-order valence-corrected chi connectivity index (χ1v) is 13.0. The number of hydrogen-bond donors (Lipinski definition) is 2. The number of benzene rings is 2. The van der Waals surface area contributed by atoms with Crippen LogP contribution < -0.4 is 14.3 Å². The zero-order valence-electron chi connectivity index (χ0n) is 18.2. The number of aryl methyl sites for hydroxylation is 2. The number of hydrogen-bond acceptors (Lipinski definition) is 7. The highest BCUT2D eigenvalue weighted by Crippen LogP contribution is 2.20. The molecule has 0 fully saturated rings. The van der Waals surface area contributed by atoms with Gasteiger partial charge in [-0.3, -0.25) is 9.10 Å². The molecule has 1 aromatic heterocycles. The highest BCUT2D eigenvalue weighted by atomic mass is 32.2. The van der Waals surface area contributed by atoms with Crippen molar-refractivity contribution in [2.45, 2.75) is 18.7 Å². The molecule has 3 aromatic rings. The third kappa shape index (κ3) is 6.49. The second kappa shape index (κ2) is 9.55. The minimum absolute atomic E-state index is 0.0515. The zero-order chi connectivity index (χ0) is 24.2. The van der Waals surface area contributed by atoms with Gasteiger partial charge in [0.2, 0.25) is 21.9 Å². The normalized spacial score (nSPS) is 11.6. The minimum atomic E-state index is -3.93. The SMILES string of the molecule is Cc1cccc(N(CC(=O)Nc2ccc(S(=O)(=O)Nc3nccc(C)n3)cc2)S(C)(=O)=O)c1. The Hall–Kier alpha value is -3.51. The molecule has 0 saturated carbocycles. The van der Waals surface area contributed by atoms with Crippen LogP contribution in [0, 0.1) is 13.8 Å². The van der Waals surface area contributed by atoms with Crippen LogP contribution in [0.25, 0.3) is 0 Å². The van der Waals surface area contributed by atoms with Crippen LogP contribution in [0.5, 0.6) is 0 Å². The Bertz CT molecular complexity index is 1370. The summed E-state index contributed by atoms with van der Waals surface area (Å²) in [5.41, 5.74) is 2.14. The summed E-state index contributed by atoms with van der Waals surface area (Å²) in [6.07, 6.45) is 2.46. The van der Waals surface area contributed by atoms with Gasteiger partial charge in [-0.2, -0.15) is 0 Å². The van der Waals surface area contributed by atoms with Gasteiger partial charge < -0.3 is 5.32 Å². The van der Waals surface area contributed by atoms with E-state index in [9.17, 15) is 21.6 Å². The van der Waals surface area contributed by atoms with Crippen LogP contribution in [0.3, 0.4) is 0 Å². The second-order valence-corrected chi connectivity index (χ2v) is 10.9. The van der Waals surface area contributed by atoms with Crippen LogP contribution >= 0.6 is 0 Å². The molecule has 0 aliphatic heterocycles. The van der Waals surface area contributed by atoms with E-state index in [1.807, 2.05) is 13.0 Å². The molecule has 10 nitrogen and oxygen atoms in total. The summed E-state index contributed by atoms with van der Waals surface area (Å²) in [5.74, 6) is -0.631. The van der Waals surface area contributed by atoms with Crippen molar-refractivity contribution >= 4 is 43.3 Å². The summed E-state index contributed by atoms with van der Waals surface area (Å²) in [4.78, 5) is 20.3. The molecule has 0 unspecified atom stereocenters. The lowest BCUT2D eigenvalue weighted by atomic mass is 10.2. The van der Waals surface area contributed by atoms with Crippen LogP contribution in [0.1, 0.15) is 11.3 Å². The van der Waals surface area contributed by atoms with E-state index < -0.39 is 32.5 Å². The molecular weight excluding hydrogens is 466 g/mol. The molecule has 1 heterocycles. The average Bonchev–Trinajstić information content (AvgIpc) is 2.71. The molecule has 1 amide bonds. The van der Waals surface area contributed by atoms with Crippen molar-refractivity contribution in [2.24, 2.45) is 0 Å². The summed E-state index contributed by atoms with van der Waals surface area (Å²) >= 11 is 0. The molecule has 0 radical (unpaired) electrons. The third-order valence-electron chi connectivity index (χ3n) is 4.45. The Morgan fingerprint density at radius 1 is 1.00 bits per heavy atom. The molecule has 0 bridgehead atoms. The lowest BCUT2D eigenvalue weighted by Gasteiger charge is -2.22. The van der Waals surface area contributed by atoms with Crippen molar-refractivity contribution < 1.29 is 21.6 Å². The van der Waals surface area contributed by atoms with Crippen LogP contribution in [0.2, 0.25) is 0 Å². The van der Waals surface area contributed by atoms with Crippen LogP contribution in [-0.4, -0.2) is 45.5 Å². The summed E-state index contributed by atoms with van der Waals surface area (Å²) in [6, 6.07) is 13.9. The number of carbonyl (C=O) groups is 1. The van der Waals surface area contributed by atoms with E-state index in [1.54, 1.807) is 31.2 Å². The number of carbonyl (C=O) groups excluding carboxylic acids is 1. The number of aromatic nitrogens is 2. The van der Waals surface area contributed by atoms with E-state index in [4.69, 9.17) is 0 Å². The maximum Gasteiger partial charge on any atom is 0.264 e. The fourth-order valence-electron chi connectivity index (χ4n) is 2.91. The Labute approximate surface area is 192 Å². The summed E-state index contributed by atoms with van der Waals surface area (Å²) in [5, 5.41) is 2.58. The van der Waals surface area contributed by atoms with Gasteiger partial charge in [-0.15, -0.1) is 0 Å². The van der Waals surface area contributed by atoms with Crippen LogP contribution in [-0.2, 0) is 24.8 Å². The highest BCUT2D eigenvalue weighted by molar-refractivity contribution is 7.92. The minimum Gasteiger partial charge on any atom is -0.325 e. The molecule has 33 heavy (non-hydrogen) atoms.